The lowest BCUT2D eigenvalue weighted by Gasteiger charge is -2.10. The molecule has 100 valence electrons. The first-order valence-corrected chi connectivity index (χ1v) is 7.24. The Bertz CT molecular complexity index is 349. The van der Waals surface area contributed by atoms with Crippen LogP contribution in [0.4, 0.5) is 0 Å². The summed E-state index contributed by atoms with van der Waals surface area (Å²) in [7, 11) is -3.29. The molecule has 4 N–H and O–H groups in total. The normalized spacial score (nSPS) is 21.9. The molecule has 0 aromatic heterocycles. The molecule has 0 saturated carbocycles. The largest absolute Gasteiger partial charge is 0.409 e. The number of hydrogen-bond donors (Lipinski definition) is 3. The van der Waals surface area contributed by atoms with Gasteiger partial charge in [-0.1, -0.05) is 5.16 Å². The maximum absolute atomic E-state index is 11.6. The highest BCUT2D eigenvalue weighted by Gasteiger charge is 2.22. The summed E-state index contributed by atoms with van der Waals surface area (Å²) in [6.45, 7) is 0.926. The zero-order valence-electron chi connectivity index (χ0n) is 9.63. The molecule has 0 aromatic carbocycles. The SMILES string of the molecule is NC(CCCNS(=O)(=O)CC1CCCO1)=NO. The topological polar surface area (TPSA) is 114 Å². The number of nitrogens with one attached hydrogen (secondary N) is 1. The van der Waals surface area contributed by atoms with Gasteiger partial charge in [0.05, 0.1) is 11.9 Å². The Labute approximate surface area is 101 Å². The second kappa shape index (κ2) is 6.77. The lowest BCUT2D eigenvalue weighted by molar-refractivity contribution is 0.127. The van der Waals surface area contributed by atoms with Gasteiger partial charge in [0.25, 0.3) is 0 Å². The average molecular weight is 265 g/mol. The Balaban J connectivity index is 2.20. The molecule has 1 heterocycles. The Morgan fingerprint density at radius 2 is 2.35 bits per heavy atom. The molecule has 1 aliphatic rings. The molecule has 0 bridgehead atoms. The quantitative estimate of drug-likeness (QED) is 0.191. The summed E-state index contributed by atoms with van der Waals surface area (Å²) >= 11 is 0. The number of hydrogen-bond acceptors (Lipinski definition) is 5. The first-order chi connectivity index (χ1) is 8.03. The van der Waals surface area contributed by atoms with Crippen molar-refractivity contribution < 1.29 is 18.4 Å². The highest BCUT2D eigenvalue weighted by molar-refractivity contribution is 7.89. The van der Waals surface area contributed by atoms with Crippen LogP contribution in [0.5, 0.6) is 0 Å². The maximum atomic E-state index is 11.6. The van der Waals surface area contributed by atoms with Gasteiger partial charge >= 0.3 is 0 Å². The van der Waals surface area contributed by atoms with Gasteiger partial charge in [-0.25, -0.2) is 13.1 Å². The Morgan fingerprint density at radius 1 is 1.59 bits per heavy atom. The summed E-state index contributed by atoms with van der Waals surface area (Å²) < 4.78 is 30.9. The molecule has 0 aliphatic carbocycles. The smallest absolute Gasteiger partial charge is 0.214 e. The molecule has 1 rings (SSSR count). The van der Waals surface area contributed by atoms with E-state index in [9.17, 15) is 8.42 Å². The summed E-state index contributed by atoms with van der Waals surface area (Å²) in [5.41, 5.74) is 5.26. The van der Waals surface area contributed by atoms with Crippen LogP contribution in [0, 0.1) is 0 Å². The van der Waals surface area contributed by atoms with Crippen LogP contribution in [0.2, 0.25) is 0 Å². The van der Waals surface area contributed by atoms with Gasteiger partial charge in [0, 0.05) is 19.6 Å². The minimum atomic E-state index is -3.29. The van der Waals surface area contributed by atoms with Crippen molar-refractivity contribution in [3.8, 4) is 0 Å². The van der Waals surface area contributed by atoms with E-state index in [2.05, 4.69) is 9.88 Å². The van der Waals surface area contributed by atoms with Crippen LogP contribution in [0.1, 0.15) is 25.7 Å². The van der Waals surface area contributed by atoms with Gasteiger partial charge in [0.15, 0.2) is 0 Å². The number of nitrogens with zero attached hydrogens (tertiary/aromatic N) is 1. The standard InChI is InChI=1S/C9H19N3O4S/c10-9(12-13)4-1-5-11-17(14,15)7-8-3-2-6-16-8/h8,11,13H,1-7H2,(H2,10,12). The van der Waals surface area contributed by atoms with E-state index in [0.717, 1.165) is 12.8 Å². The second-order valence-electron chi connectivity index (χ2n) is 4.01. The lowest BCUT2D eigenvalue weighted by atomic mass is 10.3. The van der Waals surface area contributed by atoms with Crippen molar-refractivity contribution in [3.63, 3.8) is 0 Å². The molecule has 1 atom stereocenters. The molecular formula is C9H19N3O4S. The maximum Gasteiger partial charge on any atom is 0.214 e. The third-order valence-electron chi connectivity index (χ3n) is 2.49. The fourth-order valence-electron chi connectivity index (χ4n) is 1.63. The van der Waals surface area contributed by atoms with Gasteiger partial charge in [-0.15, -0.1) is 0 Å². The van der Waals surface area contributed by atoms with Crippen molar-refractivity contribution in [1.82, 2.24) is 4.72 Å². The molecular weight excluding hydrogens is 246 g/mol. The van der Waals surface area contributed by atoms with Gasteiger partial charge in [0.2, 0.25) is 10.0 Å². The Morgan fingerprint density at radius 3 is 2.94 bits per heavy atom. The van der Waals surface area contributed by atoms with E-state index in [4.69, 9.17) is 15.7 Å². The third-order valence-corrected chi connectivity index (χ3v) is 3.94. The zero-order valence-corrected chi connectivity index (χ0v) is 10.4. The Kier molecular flexibility index (Phi) is 5.66. The van der Waals surface area contributed by atoms with Gasteiger partial charge in [-0.3, -0.25) is 0 Å². The van der Waals surface area contributed by atoms with E-state index in [1.807, 2.05) is 0 Å². The van der Waals surface area contributed by atoms with E-state index >= 15 is 0 Å². The van der Waals surface area contributed by atoms with Gasteiger partial charge < -0.3 is 15.7 Å². The van der Waals surface area contributed by atoms with Crippen molar-refractivity contribution in [1.29, 1.82) is 0 Å². The second-order valence-corrected chi connectivity index (χ2v) is 5.86. The highest BCUT2D eigenvalue weighted by Crippen LogP contribution is 2.13. The van der Waals surface area contributed by atoms with E-state index in [0.29, 0.717) is 19.4 Å². The molecule has 0 aromatic rings. The minimum Gasteiger partial charge on any atom is -0.409 e. The molecule has 1 fully saturated rings. The molecule has 1 unspecified atom stereocenters. The van der Waals surface area contributed by atoms with Crippen LogP contribution < -0.4 is 10.5 Å². The van der Waals surface area contributed by atoms with Gasteiger partial charge in [-0.05, 0) is 19.3 Å². The molecule has 1 aliphatic heterocycles. The molecule has 1 saturated heterocycles. The average Bonchev–Trinajstić information content (AvgIpc) is 2.76. The molecule has 0 amide bonds. The predicted octanol–water partition coefficient (Wildman–Crippen LogP) is -0.389. The van der Waals surface area contributed by atoms with Crippen molar-refractivity contribution in [2.45, 2.75) is 31.8 Å². The predicted molar refractivity (Wildman–Crippen MR) is 63.4 cm³/mol. The van der Waals surface area contributed by atoms with E-state index in [1.165, 1.54) is 0 Å². The zero-order chi connectivity index (χ0) is 12.7. The number of nitrogens with two attached hydrogens (primary N) is 1. The van der Waals surface area contributed by atoms with Crippen LogP contribution in [0.25, 0.3) is 0 Å². The van der Waals surface area contributed by atoms with Crippen molar-refractivity contribution in [2.75, 3.05) is 18.9 Å². The summed E-state index contributed by atoms with van der Waals surface area (Å²) in [5, 5.41) is 11.1. The molecule has 8 heteroatoms. The molecule has 0 radical (unpaired) electrons. The number of ether oxygens (including phenoxy) is 1. The van der Waals surface area contributed by atoms with Crippen LogP contribution in [-0.2, 0) is 14.8 Å². The minimum absolute atomic E-state index is 0.0105. The molecule has 17 heavy (non-hydrogen) atoms. The van der Waals surface area contributed by atoms with E-state index < -0.39 is 10.0 Å². The summed E-state index contributed by atoms with van der Waals surface area (Å²) in [6.07, 6.45) is 2.39. The number of rotatable bonds is 7. The summed E-state index contributed by atoms with van der Waals surface area (Å²) in [4.78, 5) is 0. The van der Waals surface area contributed by atoms with Crippen molar-refractivity contribution in [2.24, 2.45) is 10.9 Å². The van der Waals surface area contributed by atoms with Crippen LogP contribution in [-0.4, -0.2) is 44.5 Å². The van der Waals surface area contributed by atoms with Crippen LogP contribution >= 0.6 is 0 Å². The number of oxime groups is 1. The number of sulfonamides is 1. The van der Waals surface area contributed by atoms with Gasteiger partial charge in [-0.2, -0.15) is 0 Å². The monoisotopic (exact) mass is 265 g/mol. The van der Waals surface area contributed by atoms with E-state index in [-0.39, 0.29) is 24.2 Å². The number of amidine groups is 1. The van der Waals surface area contributed by atoms with Crippen molar-refractivity contribution >= 4 is 15.9 Å². The molecule has 0 spiro atoms. The third kappa shape index (κ3) is 5.85. The first-order valence-electron chi connectivity index (χ1n) is 5.59. The summed E-state index contributed by atoms with van der Waals surface area (Å²) in [5.74, 6) is 0.111. The van der Waals surface area contributed by atoms with E-state index in [1.54, 1.807) is 0 Å². The van der Waals surface area contributed by atoms with Crippen LogP contribution in [0.3, 0.4) is 0 Å². The van der Waals surface area contributed by atoms with Gasteiger partial charge in [0.1, 0.15) is 5.84 Å². The highest BCUT2D eigenvalue weighted by atomic mass is 32.2. The Hall–Kier alpha value is -0.860. The fourth-order valence-corrected chi connectivity index (χ4v) is 2.95. The first kappa shape index (κ1) is 14.2. The van der Waals surface area contributed by atoms with Crippen LogP contribution in [0.15, 0.2) is 5.16 Å². The summed E-state index contributed by atoms with van der Waals surface area (Å²) in [6, 6.07) is 0. The lowest BCUT2D eigenvalue weighted by Crippen LogP contribution is -2.33. The molecule has 7 nitrogen and oxygen atoms in total. The fraction of sp³-hybridized carbons (Fsp3) is 0.889. The van der Waals surface area contributed by atoms with Crippen molar-refractivity contribution in [3.05, 3.63) is 0 Å².